The van der Waals surface area contributed by atoms with Crippen LogP contribution in [-0.2, 0) is 0 Å². The van der Waals surface area contributed by atoms with Gasteiger partial charge in [0.15, 0.2) is 0 Å². The zero-order valence-electron chi connectivity index (χ0n) is 14.4. The number of thiophene rings is 1. The van der Waals surface area contributed by atoms with Crippen LogP contribution in [0.1, 0.15) is 35.6 Å². The average Bonchev–Trinajstić information content (AvgIpc) is 3.13. The van der Waals surface area contributed by atoms with Crippen LogP contribution in [0.3, 0.4) is 0 Å². The van der Waals surface area contributed by atoms with Crippen LogP contribution >= 0.6 is 11.3 Å². The Kier molecular flexibility index (Phi) is 4.60. The lowest BCUT2D eigenvalue weighted by atomic mass is 10.2. The molecule has 1 aliphatic rings. The molecule has 1 fully saturated rings. The first-order valence-electron chi connectivity index (χ1n) is 8.25. The topological polar surface area (TPSA) is 28.5 Å². The molecule has 0 aliphatic carbocycles. The van der Waals surface area contributed by atoms with E-state index >= 15 is 0 Å². The number of aryl methyl sites for hydroxylation is 2. The molecule has 2 aromatic heterocycles. The van der Waals surface area contributed by atoms with Crippen molar-refractivity contribution >= 4 is 17.2 Å². The van der Waals surface area contributed by atoms with Gasteiger partial charge in [-0.3, -0.25) is 9.69 Å². The molecule has 124 valence electrons. The van der Waals surface area contributed by atoms with E-state index in [9.17, 15) is 4.79 Å². The summed E-state index contributed by atoms with van der Waals surface area (Å²) in [5, 5.41) is 3.06. The average molecular weight is 331 g/mol. The standard InChI is InChI=1S/C18H25N3OS/c1-13(2)19-8-10-20(11-9-19)17(22)16-7-12-23-18(16)21-14(3)5-6-15(21)4/h5-7,12-13H,8-11H2,1-4H3. The summed E-state index contributed by atoms with van der Waals surface area (Å²) in [4.78, 5) is 17.4. The van der Waals surface area contributed by atoms with Crippen LogP contribution in [0.2, 0.25) is 0 Å². The fourth-order valence-corrected chi connectivity index (χ4v) is 4.25. The number of nitrogens with zero attached hydrogens (tertiary/aromatic N) is 3. The zero-order chi connectivity index (χ0) is 16.6. The smallest absolute Gasteiger partial charge is 0.256 e. The highest BCUT2D eigenvalue weighted by atomic mass is 32.1. The largest absolute Gasteiger partial charge is 0.336 e. The van der Waals surface area contributed by atoms with Gasteiger partial charge >= 0.3 is 0 Å². The van der Waals surface area contributed by atoms with E-state index in [1.807, 2.05) is 16.3 Å². The summed E-state index contributed by atoms with van der Waals surface area (Å²) in [5.74, 6) is 0.164. The number of rotatable bonds is 3. The Morgan fingerprint density at radius 1 is 1.04 bits per heavy atom. The van der Waals surface area contributed by atoms with Gasteiger partial charge in [-0.2, -0.15) is 0 Å². The SMILES string of the molecule is Cc1ccc(C)n1-c1sccc1C(=O)N1CCN(C(C)C)CC1. The molecule has 0 bridgehead atoms. The van der Waals surface area contributed by atoms with Crippen LogP contribution in [0.25, 0.3) is 5.00 Å². The van der Waals surface area contributed by atoms with Gasteiger partial charge in [-0.25, -0.2) is 0 Å². The van der Waals surface area contributed by atoms with Crippen molar-refractivity contribution in [2.45, 2.75) is 33.7 Å². The van der Waals surface area contributed by atoms with Crippen LogP contribution in [-0.4, -0.2) is 52.5 Å². The van der Waals surface area contributed by atoms with Gasteiger partial charge in [-0.05, 0) is 51.3 Å². The first-order chi connectivity index (χ1) is 11.0. The van der Waals surface area contributed by atoms with E-state index in [2.05, 4.69) is 49.3 Å². The predicted molar refractivity (Wildman–Crippen MR) is 95.7 cm³/mol. The fourth-order valence-electron chi connectivity index (χ4n) is 3.24. The van der Waals surface area contributed by atoms with Crippen molar-refractivity contribution < 1.29 is 4.79 Å². The maximum Gasteiger partial charge on any atom is 0.256 e. The van der Waals surface area contributed by atoms with Crippen LogP contribution in [0.4, 0.5) is 0 Å². The number of aromatic nitrogens is 1. The quantitative estimate of drug-likeness (QED) is 0.863. The molecule has 0 unspecified atom stereocenters. The highest BCUT2D eigenvalue weighted by Crippen LogP contribution is 2.27. The van der Waals surface area contributed by atoms with E-state index in [-0.39, 0.29) is 5.91 Å². The highest BCUT2D eigenvalue weighted by Gasteiger charge is 2.26. The molecule has 1 saturated heterocycles. The Hall–Kier alpha value is -1.59. The molecule has 1 aliphatic heterocycles. The molecule has 3 rings (SSSR count). The first kappa shape index (κ1) is 16.3. The molecular formula is C18H25N3OS. The molecule has 0 spiro atoms. The molecule has 5 heteroatoms. The van der Waals surface area contributed by atoms with Gasteiger partial charge in [0.2, 0.25) is 0 Å². The maximum absolute atomic E-state index is 13.0. The first-order valence-corrected chi connectivity index (χ1v) is 9.13. The summed E-state index contributed by atoms with van der Waals surface area (Å²) >= 11 is 1.64. The van der Waals surface area contributed by atoms with Gasteiger partial charge in [0.1, 0.15) is 5.00 Å². The molecule has 4 nitrogen and oxygen atoms in total. The molecule has 23 heavy (non-hydrogen) atoms. The van der Waals surface area contributed by atoms with Crippen molar-refractivity contribution in [1.82, 2.24) is 14.4 Å². The molecule has 0 N–H and O–H groups in total. The van der Waals surface area contributed by atoms with Gasteiger partial charge in [-0.1, -0.05) is 0 Å². The second-order valence-corrected chi connectivity index (χ2v) is 7.41. The Morgan fingerprint density at radius 2 is 1.65 bits per heavy atom. The normalized spacial score (nSPS) is 16.3. The third kappa shape index (κ3) is 3.08. The zero-order valence-corrected chi connectivity index (χ0v) is 15.2. The number of amides is 1. The van der Waals surface area contributed by atoms with E-state index in [1.165, 1.54) is 11.4 Å². The van der Waals surface area contributed by atoms with E-state index in [1.54, 1.807) is 11.3 Å². The second-order valence-electron chi connectivity index (χ2n) is 6.51. The molecule has 2 aromatic rings. The van der Waals surface area contributed by atoms with Gasteiger partial charge in [0, 0.05) is 43.6 Å². The Bertz CT molecular complexity index is 673. The number of piperazine rings is 1. The molecule has 0 atom stereocenters. The van der Waals surface area contributed by atoms with Crippen LogP contribution in [0.5, 0.6) is 0 Å². The van der Waals surface area contributed by atoms with Crippen molar-refractivity contribution in [3.63, 3.8) is 0 Å². The lowest BCUT2D eigenvalue weighted by Crippen LogP contribution is -2.50. The van der Waals surface area contributed by atoms with Crippen molar-refractivity contribution in [1.29, 1.82) is 0 Å². The van der Waals surface area contributed by atoms with Crippen LogP contribution < -0.4 is 0 Å². The summed E-state index contributed by atoms with van der Waals surface area (Å²) < 4.78 is 2.18. The van der Waals surface area contributed by atoms with Crippen LogP contribution in [0.15, 0.2) is 23.6 Å². The van der Waals surface area contributed by atoms with E-state index in [4.69, 9.17) is 0 Å². The highest BCUT2D eigenvalue weighted by molar-refractivity contribution is 7.13. The third-order valence-corrected chi connectivity index (χ3v) is 5.58. The summed E-state index contributed by atoms with van der Waals surface area (Å²) in [5.41, 5.74) is 3.17. The molecule has 0 aromatic carbocycles. The monoisotopic (exact) mass is 331 g/mol. The number of hydrogen-bond acceptors (Lipinski definition) is 3. The summed E-state index contributed by atoms with van der Waals surface area (Å²) in [6, 6.07) is 6.72. The van der Waals surface area contributed by atoms with Crippen molar-refractivity contribution in [2.75, 3.05) is 26.2 Å². The van der Waals surface area contributed by atoms with E-state index < -0.39 is 0 Å². The Balaban J connectivity index is 1.81. The molecule has 3 heterocycles. The van der Waals surface area contributed by atoms with Crippen molar-refractivity contribution in [2.24, 2.45) is 0 Å². The molecule has 0 saturated carbocycles. The minimum Gasteiger partial charge on any atom is -0.336 e. The second kappa shape index (κ2) is 6.49. The van der Waals surface area contributed by atoms with Gasteiger partial charge in [-0.15, -0.1) is 11.3 Å². The number of hydrogen-bond donors (Lipinski definition) is 0. The van der Waals surface area contributed by atoms with Gasteiger partial charge in [0.25, 0.3) is 5.91 Å². The third-order valence-electron chi connectivity index (χ3n) is 4.68. The minimum absolute atomic E-state index is 0.164. The molecular weight excluding hydrogens is 306 g/mol. The summed E-state index contributed by atoms with van der Waals surface area (Å²) in [6.07, 6.45) is 0. The fraction of sp³-hybridized carbons (Fsp3) is 0.500. The molecule has 1 amide bonds. The molecule has 0 radical (unpaired) electrons. The van der Waals surface area contributed by atoms with Gasteiger partial charge in [0.05, 0.1) is 5.56 Å². The van der Waals surface area contributed by atoms with Crippen molar-refractivity contribution in [3.8, 4) is 5.00 Å². The minimum atomic E-state index is 0.164. The van der Waals surface area contributed by atoms with E-state index in [0.717, 1.165) is 36.7 Å². The maximum atomic E-state index is 13.0. The van der Waals surface area contributed by atoms with Gasteiger partial charge < -0.3 is 9.47 Å². The predicted octanol–water partition coefficient (Wildman–Crippen LogP) is 3.32. The number of carbonyl (C=O) groups is 1. The van der Waals surface area contributed by atoms with Crippen LogP contribution in [0, 0.1) is 13.8 Å². The number of carbonyl (C=O) groups excluding carboxylic acids is 1. The lowest BCUT2D eigenvalue weighted by Gasteiger charge is -2.37. The Morgan fingerprint density at radius 3 is 2.22 bits per heavy atom. The Labute approximate surface area is 142 Å². The lowest BCUT2D eigenvalue weighted by molar-refractivity contribution is 0.0596. The summed E-state index contributed by atoms with van der Waals surface area (Å²) in [6.45, 7) is 12.2. The van der Waals surface area contributed by atoms with E-state index in [0.29, 0.717) is 6.04 Å². The van der Waals surface area contributed by atoms with Crippen molar-refractivity contribution in [3.05, 3.63) is 40.5 Å². The summed E-state index contributed by atoms with van der Waals surface area (Å²) in [7, 11) is 0.